The standard InChI is InChI=1S/C20H32FN5O2.HI/c1-20(2,3)28-19(27)26-13-11-25(12-14-26)10-9-23-18(22-4)24-15-16-7-5-6-8-17(16)21;/h5-8H,9-15H2,1-4H3,(H2,22,23,24);1H. The van der Waals surface area contributed by atoms with Crippen molar-refractivity contribution in [2.45, 2.75) is 32.9 Å². The third-order valence-electron chi connectivity index (χ3n) is 4.37. The van der Waals surface area contributed by atoms with Crippen LogP contribution in [0.1, 0.15) is 26.3 Å². The van der Waals surface area contributed by atoms with Crippen molar-refractivity contribution in [3.05, 3.63) is 35.6 Å². The molecule has 0 saturated carbocycles. The van der Waals surface area contributed by atoms with Gasteiger partial charge >= 0.3 is 6.09 Å². The van der Waals surface area contributed by atoms with Crippen LogP contribution in [0.2, 0.25) is 0 Å². The summed E-state index contributed by atoms with van der Waals surface area (Å²) in [5, 5.41) is 6.36. The van der Waals surface area contributed by atoms with Crippen molar-refractivity contribution in [2.75, 3.05) is 46.3 Å². The van der Waals surface area contributed by atoms with Crippen LogP contribution in [-0.2, 0) is 11.3 Å². The minimum Gasteiger partial charge on any atom is -0.444 e. The number of hydrogen-bond acceptors (Lipinski definition) is 4. The van der Waals surface area contributed by atoms with Gasteiger partial charge in [0.2, 0.25) is 0 Å². The number of amides is 1. The summed E-state index contributed by atoms with van der Waals surface area (Å²) in [5.74, 6) is 0.406. The van der Waals surface area contributed by atoms with Crippen molar-refractivity contribution >= 4 is 36.0 Å². The fraction of sp³-hybridized carbons (Fsp3) is 0.600. The highest BCUT2D eigenvalue weighted by Gasteiger charge is 2.25. The molecule has 1 aliphatic rings. The predicted octanol–water partition coefficient (Wildman–Crippen LogP) is 2.66. The van der Waals surface area contributed by atoms with Crippen molar-refractivity contribution in [3.8, 4) is 0 Å². The summed E-state index contributed by atoms with van der Waals surface area (Å²) < 4.78 is 19.1. The topological polar surface area (TPSA) is 69.2 Å². The quantitative estimate of drug-likeness (QED) is 0.355. The fourth-order valence-electron chi connectivity index (χ4n) is 2.85. The summed E-state index contributed by atoms with van der Waals surface area (Å²) in [6, 6.07) is 6.69. The van der Waals surface area contributed by atoms with E-state index in [1.54, 1.807) is 24.1 Å². The Labute approximate surface area is 190 Å². The first kappa shape index (κ1) is 25.4. The SMILES string of the molecule is CN=C(NCCN1CCN(C(=O)OC(C)(C)C)CC1)NCc1ccccc1F.I. The van der Waals surface area contributed by atoms with Crippen LogP contribution in [0.5, 0.6) is 0 Å². The van der Waals surface area contributed by atoms with Gasteiger partial charge in [0.1, 0.15) is 11.4 Å². The lowest BCUT2D eigenvalue weighted by Gasteiger charge is -2.35. The predicted molar refractivity (Wildman–Crippen MR) is 124 cm³/mol. The van der Waals surface area contributed by atoms with E-state index in [1.807, 2.05) is 26.8 Å². The van der Waals surface area contributed by atoms with Crippen molar-refractivity contribution in [2.24, 2.45) is 4.99 Å². The molecule has 0 aromatic heterocycles. The van der Waals surface area contributed by atoms with E-state index in [0.717, 1.165) is 19.6 Å². The Morgan fingerprint density at radius 3 is 2.41 bits per heavy atom. The van der Waals surface area contributed by atoms with E-state index in [2.05, 4.69) is 20.5 Å². The molecule has 0 atom stereocenters. The zero-order valence-corrected chi connectivity index (χ0v) is 20.0. The van der Waals surface area contributed by atoms with Gasteiger partial charge in [-0.2, -0.15) is 0 Å². The molecule has 9 heteroatoms. The molecule has 0 radical (unpaired) electrons. The van der Waals surface area contributed by atoms with Gasteiger partial charge in [-0.1, -0.05) is 18.2 Å². The van der Waals surface area contributed by atoms with E-state index >= 15 is 0 Å². The molecule has 29 heavy (non-hydrogen) atoms. The van der Waals surface area contributed by atoms with Gasteiger partial charge in [-0.3, -0.25) is 9.89 Å². The fourth-order valence-corrected chi connectivity index (χ4v) is 2.85. The highest BCUT2D eigenvalue weighted by Crippen LogP contribution is 2.11. The van der Waals surface area contributed by atoms with Crippen LogP contribution in [-0.4, -0.2) is 73.8 Å². The Hall–Kier alpha value is -1.62. The number of halogens is 2. The lowest BCUT2D eigenvalue weighted by Crippen LogP contribution is -2.51. The second-order valence-electron chi connectivity index (χ2n) is 7.75. The molecule has 1 amide bonds. The molecule has 1 aromatic carbocycles. The second kappa shape index (κ2) is 12.2. The molecule has 1 saturated heterocycles. The van der Waals surface area contributed by atoms with E-state index < -0.39 is 5.60 Å². The number of carbonyl (C=O) groups excluding carboxylic acids is 1. The van der Waals surface area contributed by atoms with Crippen LogP contribution in [0.4, 0.5) is 9.18 Å². The molecule has 2 rings (SSSR count). The molecule has 164 valence electrons. The van der Waals surface area contributed by atoms with Gasteiger partial charge in [0, 0.05) is 58.4 Å². The number of nitrogens with zero attached hydrogens (tertiary/aromatic N) is 3. The third kappa shape index (κ3) is 9.16. The largest absolute Gasteiger partial charge is 0.444 e. The molecule has 1 heterocycles. The number of aliphatic imine (C=N–C) groups is 1. The van der Waals surface area contributed by atoms with Crippen molar-refractivity contribution in [1.82, 2.24) is 20.4 Å². The number of hydrogen-bond donors (Lipinski definition) is 2. The smallest absolute Gasteiger partial charge is 0.410 e. The zero-order valence-electron chi connectivity index (χ0n) is 17.7. The van der Waals surface area contributed by atoms with Gasteiger partial charge in [-0.25, -0.2) is 9.18 Å². The summed E-state index contributed by atoms with van der Waals surface area (Å²) in [4.78, 5) is 20.3. The maximum Gasteiger partial charge on any atom is 0.410 e. The van der Waals surface area contributed by atoms with E-state index in [9.17, 15) is 9.18 Å². The highest BCUT2D eigenvalue weighted by atomic mass is 127. The number of piperazine rings is 1. The lowest BCUT2D eigenvalue weighted by atomic mass is 10.2. The molecule has 0 unspecified atom stereocenters. The normalized spacial score (nSPS) is 15.5. The van der Waals surface area contributed by atoms with Crippen LogP contribution >= 0.6 is 24.0 Å². The van der Waals surface area contributed by atoms with Crippen molar-refractivity contribution < 1.29 is 13.9 Å². The summed E-state index contributed by atoms with van der Waals surface area (Å²) in [6.07, 6.45) is -0.247. The molecule has 0 bridgehead atoms. The molecule has 1 fully saturated rings. The summed E-state index contributed by atoms with van der Waals surface area (Å²) in [6.45, 7) is 10.5. The average Bonchev–Trinajstić information content (AvgIpc) is 2.65. The number of carbonyl (C=O) groups is 1. The minimum atomic E-state index is -0.469. The number of guanidine groups is 1. The molecular formula is C20H33FIN5O2. The van der Waals surface area contributed by atoms with E-state index in [0.29, 0.717) is 37.7 Å². The summed E-state index contributed by atoms with van der Waals surface area (Å²) in [7, 11) is 1.69. The molecule has 0 aliphatic carbocycles. The third-order valence-corrected chi connectivity index (χ3v) is 4.37. The van der Waals surface area contributed by atoms with Crippen LogP contribution in [0.25, 0.3) is 0 Å². The summed E-state index contributed by atoms with van der Waals surface area (Å²) >= 11 is 0. The van der Waals surface area contributed by atoms with Crippen molar-refractivity contribution in [3.63, 3.8) is 0 Å². The van der Waals surface area contributed by atoms with E-state index in [4.69, 9.17) is 4.74 Å². The van der Waals surface area contributed by atoms with Gasteiger partial charge in [0.05, 0.1) is 0 Å². The van der Waals surface area contributed by atoms with Crippen LogP contribution in [0.3, 0.4) is 0 Å². The number of rotatable bonds is 5. The first-order valence-corrected chi connectivity index (χ1v) is 9.66. The molecule has 2 N–H and O–H groups in total. The van der Waals surface area contributed by atoms with Gasteiger partial charge in [-0.15, -0.1) is 24.0 Å². The van der Waals surface area contributed by atoms with Gasteiger partial charge in [0.25, 0.3) is 0 Å². The maximum absolute atomic E-state index is 13.7. The number of nitrogens with one attached hydrogen (secondary N) is 2. The maximum atomic E-state index is 13.7. The van der Waals surface area contributed by atoms with Gasteiger partial charge in [0.15, 0.2) is 5.96 Å². The first-order chi connectivity index (χ1) is 13.3. The molecular weight excluding hydrogens is 488 g/mol. The Balaban J connectivity index is 0.00000420. The lowest BCUT2D eigenvalue weighted by molar-refractivity contribution is 0.0147. The molecule has 1 aromatic rings. The van der Waals surface area contributed by atoms with Crippen molar-refractivity contribution in [1.29, 1.82) is 0 Å². The first-order valence-electron chi connectivity index (χ1n) is 9.66. The number of ether oxygens (including phenoxy) is 1. The Bertz CT molecular complexity index is 673. The van der Waals surface area contributed by atoms with Gasteiger partial charge in [-0.05, 0) is 26.8 Å². The molecule has 7 nitrogen and oxygen atoms in total. The molecule has 1 aliphatic heterocycles. The van der Waals surface area contributed by atoms with Gasteiger partial charge < -0.3 is 20.3 Å². The summed E-state index contributed by atoms with van der Waals surface area (Å²) in [5.41, 5.74) is 0.132. The second-order valence-corrected chi connectivity index (χ2v) is 7.75. The minimum absolute atomic E-state index is 0. The van der Waals surface area contributed by atoms with E-state index in [-0.39, 0.29) is 35.9 Å². The van der Waals surface area contributed by atoms with Crippen LogP contribution in [0, 0.1) is 5.82 Å². The van der Waals surface area contributed by atoms with E-state index in [1.165, 1.54) is 6.07 Å². The Morgan fingerprint density at radius 2 is 1.83 bits per heavy atom. The Morgan fingerprint density at radius 1 is 1.17 bits per heavy atom. The molecule has 0 spiro atoms. The highest BCUT2D eigenvalue weighted by molar-refractivity contribution is 14.0. The average molecular weight is 521 g/mol. The van der Waals surface area contributed by atoms with Crippen LogP contribution < -0.4 is 10.6 Å². The monoisotopic (exact) mass is 521 g/mol. The van der Waals surface area contributed by atoms with Crippen LogP contribution in [0.15, 0.2) is 29.3 Å². The number of benzene rings is 1. The zero-order chi connectivity index (χ0) is 20.6. The Kier molecular flexibility index (Phi) is 10.7.